The molecule has 0 bridgehead atoms. The highest BCUT2D eigenvalue weighted by Crippen LogP contribution is 2.59. The van der Waals surface area contributed by atoms with E-state index in [9.17, 15) is 19.6 Å². The number of fused-ring (bicyclic) bond motifs is 2. The van der Waals surface area contributed by atoms with Crippen molar-refractivity contribution in [2.24, 2.45) is 5.41 Å². The summed E-state index contributed by atoms with van der Waals surface area (Å²) in [6.45, 7) is 6.88. The van der Waals surface area contributed by atoms with Crippen LogP contribution in [0.5, 0.6) is 0 Å². The molecule has 1 saturated carbocycles. The van der Waals surface area contributed by atoms with E-state index < -0.39 is 6.04 Å². The van der Waals surface area contributed by atoms with Gasteiger partial charge in [0.15, 0.2) is 5.78 Å². The molecule has 0 spiro atoms. The van der Waals surface area contributed by atoms with Crippen LogP contribution in [-0.4, -0.2) is 59.3 Å². The van der Waals surface area contributed by atoms with Gasteiger partial charge < -0.3 is 10.2 Å². The van der Waals surface area contributed by atoms with E-state index in [1.807, 2.05) is 13.0 Å². The number of Topliss-reactive ketones (excluding diaryl/α,β-unsaturated/α-hetero) is 1. The van der Waals surface area contributed by atoms with Gasteiger partial charge in [-0.05, 0) is 77.4 Å². The lowest BCUT2D eigenvalue weighted by Gasteiger charge is -2.27. The van der Waals surface area contributed by atoms with Crippen LogP contribution < -0.4 is 5.32 Å². The predicted molar refractivity (Wildman–Crippen MR) is 157 cm³/mol. The number of hydrogen-bond acceptors (Lipinski definition) is 8. The first-order chi connectivity index (χ1) is 20.0. The highest BCUT2D eigenvalue weighted by atomic mass is 79.9. The van der Waals surface area contributed by atoms with Crippen molar-refractivity contribution in [3.05, 3.63) is 63.9 Å². The summed E-state index contributed by atoms with van der Waals surface area (Å²) < 4.78 is 2.01. The third-order valence-electron chi connectivity index (χ3n) is 8.23. The lowest BCUT2D eigenvalue weighted by Crippen LogP contribution is -2.47. The fraction of sp³-hybridized carbons (Fsp3) is 0.333. The highest BCUT2D eigenvalue weighted by Gasteiger charge is 2.64. The Morgan fingerprint density at radius 3 is 2.57 bits per heavy atom. The van der Waals surface area contributed by atoms with Crippen LogP contribution in [0.15, 0.2) is 41.3 Å². The van der Waals surface area contributed by atoms with Gasteiger partial charge in [0.05, 0.1) is 11.1 Å². The molecule has 1 aliphatic heterocycles. The summed E-state index contributed by atoms with van der Waals surface area (Å²) in [6.07, 6.45) is 4.65. The number of amides is 2. The molecule has 2 fully saturated rings. The van der Waals surface area contributed by atoms with Gasteiger partial charge in [-0.15, -0.1) is 0 Å². The number of aryl methyl sites for hydroxylation is 2. The first kappa shape index (κ1) is 27.7. The summed E-state index contributed by atoms with van der Waals surface area (Å²) >= 11 is 3.34. The van der Waals surface area contributed by atoms with E-state index in [2.05, 4.69) is 54.3 Å². The van der Waals surface area contributed by atoms with Crippen molar-refractivity contribution in [2.45, 2.75) is 59.2 Å². The summed E-state index contributed by atoms with van der Waals surface area (Å²) in [7, 11) is 0. The molecule has 11 nitrogen and oxygen atoms in total. The Morgan fingerprint density at radius 2 is 1.88 bits per heavy atom. The first-order valence-corrected chi connectivity index (χ1v) is 14.3. The molecule has 0 radical (unpaired) electrons. The average molecular weight is 628 g/mol. The first-order valence-electron chi connectivity index (χ1n) is 13.5. The number of nitrogens with one attached hydrogen (secondary N) is 1. The van der Waals surface area contributed by atoms with Crippen molar-refractivity contribution in [1.29, 1.82) is 5.26 Å². The zero-order chi connectivity index (χ0) is 29.9. The highest BCUT2D eigenvalue weighted by molar-refractivity contribution is 9.10. The zero-order valence-corrected chi connectivity index (χ0v) is 25.1. The molecule has 1 saturated heterocycles. The van der Waals surface area contributed by atoms with Gasteiger partial charge in [0.25, 0.3) is 0 Å². The van der Waals surface area contributed by atoms with Gasteiger partial charge in [0, 0.05) is 36.3 Å². The van der Waals surface area contributed by atoms with Crippen LogP contribution in [0.1, 0.15) is 54.1 Å². The summed E-state index contributed by atoms with van der Waals surface area (Å²) in [5.74, 6) is 0.143. The summed E-state index contributed by atoms with van der Waals surface area (Å²) in [5, 5.41) is 17.9. The van der Waals surface area contributed by atoms with Crippen molar-refractivity contribution in [1.82, 2.24) is 29.6 Å². The maximum atomic E-state index is 13.9. The second kappa shape index (κ2) is 10.1. The third kappa shape index (κ3) is 4.73. The maximum absolute atomic E-state index is 13.9. The van der Waals surface area contributed by atoms with Crippen LogP contribution in [0.25, 0.3) is 22.0 Å². The minimum absolute atomic E-state index is 0.0741. The number of aromatic nitrogens is 5. The summed E-state index contributed by atoms with van der Waals surface area (Å²) in [5.41, 5.74) is 2.82. The fourth-order valence-electron chi connectivity index (χ4n) is 5.89. The van der Waals surface area contributed by atoms with Crippen molar-refractivity contribution >= 4 is 50.2 Å². The quantitative estimate of drug-likeness (QED) is 0.245. The van der Waals surface area contributed by atoms with Crippen molar-refractivity contribution in [3.8, 4) is 17.2 Å². The Balaban J connectivity index is 1.34. The molecule has 3 atom stereocenters. The molecule has 212 valence electrons. The number of carbonyl (C=O) groups is 3. The van der Waals surface area contributed by atoms with Gasteiger partial charge in [-0.25, -0.2) is 15.0 Å². The molecular formula is C30H27BrN8O3. The van der Waals surface area contributed by atoms with E-state index in [1.54, 1.807) is 42.4 Å². The van der Waals surface area contributed by atoms with E-state index in [0.717, 1.165) is 12.0 Å². The van der Waals surface area contributed by atoms with Crippen LogP contribution in [0.4, 0.5) is 5.82 Å². The van der Waals surface area contributed by atoms with Gasteiger partial charge >= 0.3 is 0 Å². The number of ketones is 1. The van der Waals surface area contributed by atoms with E-state index in [4.69, 9.17) is 0 Å². The summed E-state index contributed by atoms with van der Waals surface area (Å²) in [6, 6.07) is 8.54. The van der Waals surface area contributed by atoms with E-state index in [-0.39, 0.29) is 46.9 Å². The number of hydrogen-bond donors (Lipinski definition) is 1. The second-order valence-corrected chi connectivity index (χ2v) is 12.1. The average Bonchev–Trinajstić information content (AvgIpc) is 3.31. The minimum atomic E-state index is -0.681. The van der Waals surface area contributed by atoms with Gasteiger partial charge in [0.2, 0.25) is 11.8 Å². The Hall–Kier alpha value is -4.50. The molecule has 3 aromatic heterocycles. The number of piperidine rings is 1. The monoisotopic (exact) mass is 626 g/mol. The van der Waals surface area contributed by atoms with Gasteiger partial charge in [-0.3, -0.25) is 19.1 Å². The normalized spacial score (nSPS) is 20.7. The molecule has 12 heteroatoms. The molecule has 4 aromatic rings. The molecule has 1 aromatic carbocycles. The second-order valence-electron chi connectivity index (χ2n) is 11.3. The van der Waals surface area contributed by atoms with Crippen LogP contribution in [0.2, 0.25) is 0 Å². The van der Waals surface area contributed by atoms with Gasteiger partial charge in [0.1, 0.15) is 40.6 Å². The van der Waals surface area contributed by atoms with Crippen molar-refractivity contribution in [3.63, 3.8) is 0 Å². The lowest BCUT2D eigenvalue weighted by atomic mass is 10.0. The number of anilines is 1. The number of pyridine rings is 1. The minimum Gasteiger partial charge on any atom is -0.325 e. The number of carbonyl (C=O) groups excluding carboxylic acids is 3. The Labute approximate surface area is 250 Å². The number of halogens is 1. The van der Waals surface area contributed by atoms with Crippen LogP contribution in [0.3, 0.4) is 0 Å². The molecular weight excluding hydrogens is 600 g/mol. The number of nitriles is 1. The number of nitrogens with zero attached hydrogens (tertiary/aromatic N) is 7. The topological polar surface area (TPSA) is 147 Å². The van der Waals surface area contributed by atoms with E-state index in [1.165, 1.54) is 11.6 Å². The number of likely N-dealkylation sites (tertiary alicyclic amines) is 1. The largest absolute Gasteiger partial charge is 0.325 e. The Morgan fingerprint density at radius 1 is 1.14 bits per heavy atom. The molecule has 0 unspecified atom stereocenters. The molecule has 1 N–H and O–H groups in total. The van der Waals surface area contributed by atoms with Gasteiger partial charge in [-0.1, -0.05) is 13.0 Å². The van der Waals surface area contributed by atoms with Gasteiger partial charge in [-0.2, -0.15) is 10.4 Å². The molecule has 2 amide bonds. The fourth-order valence-corrected chi connectivity index (χ4v) is 6.20. The molecule has 6 rings (SSSR count). The van der Waals surface area contributed by atoms with Crippen molar-refractivity contribution < 1.29 is 14.4 Å². The van der Waals surface area contributed by atoms with E-state index in [0.29, 0.717) is 44.7 Å². The predicted octanol–water partition coefficient (Wildman–Crippen LogP) is 4.36. The van der Waals surface area contributed by atoms with Crippen LogP contribution >= 0.6 is 15.9 Å². The maximum Gasteiger partial charge on any atom is 0.248 e. The summed E-state index contributed by atoms with van der Waals surface area (Å²) in [4.78, 5) is 54.5. The standard InChI is InChI=1S/C30H27BrN8O3/c1-15-5-6-24(31)35-28(15)36-29(42)22-9-30(4)10-23(30)39(22)25(41)14-38-27-19(11-32)7-18(20-12-33-17(3)34-13-20)8-21(27)26(37-38)16(2)40/h5-8,12-13,22-23H,9-10,14H2,1-4H3,(H,35,36,42)/t22-,23+,30-/m0/s1. The molecule has 2 aliphatic rings. The zero-order valence-electron chi connectivity index (χ0n) is 23.5. The van der Waals surface area contributed by atoms with Crippen LogP contribution in [-0.2, 0) is 16.1 Å². The Bertz CT molecular complexity index is 1840. The molecule has 1 aliphatic carbocycles. The Kier molecular flexibility index (Phi) is 6.65. The van der Waals surface area contributed by atoms with Crippen LogP contribution in [0, 0.1) is 30.6 Å². The smallest absolute Gasteiger partial charge is 0.248 e. The SMILES string of the molecule is CC(=O)c1nn(CC(=O)N2[C@H](C(=O)Nc3nc(Br)ccc3C)C[C@@]3(C)C[C@@H]23)c2c(C#N)cc(-c3cnc(C)nc3)cc12. The number of rotatable bonds is 6. The number of benzene rings is 1. The molecule has 42 heavy (non-hydrogen) atoms. The van der Waals surface area contributed by atoms with E-state index >= 15 is 0 Å². The molecule has 4 heterocycles. The van der Waals surface area contributed by atoms with Crippen molar-refractivity contribution in [2.75, 3.05) is 5.32 Å². The lowest BCUT2D eigenvalue weighted by molar-refractivity contribution is -0.138. The third-order valence-corrected chi connectivity index (χ3v) is 8.67.